The third kappa shape index (κ3) is 4.46. The summed E-state index contributed by atoms with van der Waals surface area (Å²) in [6.07, 6.45) is 9.98. The lowest BCUT2D eigenvalue weighted by atomic mass is 9.86. The standard InChI is InChI=1S/C17H34N2/c1-4-18-16-9-7-5-6-8-10-17(16)19-12-14(2)11-15(3)13-19/h14-18H,4-13H2,1-3H3. The number of rotatable bonds is 3. The maximum Gasteiger partial charge on any atom is 0.0249 e. The maximum absolute atomic E-state index is 3.79. The molecule has 0 aromatic rings. The van der Waals surface area contributed by atoms with Gasteiger partial charge in [0.05, 0.1) is 0 Å². The van der Waals surface area contributed by atoms with Crippen LogP contribution >= 0.6 is 0 Å². The first-order chi connectivity index (χ1) is 9.20. The Balaban J connectivity index is 2.02. The molecule has 0 amide bonds. The van der Waals surface area contributed by atoms with Gasteiger partial charge in [-0.05, 0) is 37.6 Å². The Morgan fingerprint density at radius 2 is 1.58 bits per heavy atom. The van der Waals surface area contributed by atoms with E-state index >= 15 is 0 Å². The molecule has 19 heavy (non-hydrogen) atoms. The van der Waals surface area contributed by atoms with Gasteiger partial charge >= 0.3 is 0 Å². The molecule has 0 radical (unpaired) electrons. The van der Waals surface area contributed by atoms with Gasteiger partial charge in [-0.25, -0.2) is 0 Å². The Morgan fingerprint density at radius 1 is 0.947 bits per heavy atom. The zero-order valence-corrected chi connectivity index (χ0v) is 13.3. The third-order valence-corrected chi connectivity index (χ3v) is 5.06. The van der Waals surface area contributed by atoms with Crippen molar-refractivity contribution >= 4 is 0 Å². The summed E-state index contributed by atoms with van der Waals surface area (Å²) in [6, 6.07) is 1.54. The minimum absolute atomic E-state index is 0.739. The summed E-state index contributed by atoms with van der Waals surface area (Å²) in [5, 5.41) is 3.79. The van der Waals surface area contributed by atoms with Crippen molar-refractivity contribution in [3.63, 3.8) is 0 Å². The monoisotopic (exact) mass is 266 g/mol. The van der Waals surface area contributed by atoms with Crippen LogP contribution < -0.4 is 5.32 Å². The van der Waals surface area contributed by atoms with Crippen LogP contribution in [0.1, 0.15) is 65.7 Å². The number of hydrogen-bond acceptors (Lipinski definition) is 2. The Bertz CT molecular complexity index is 244. The third-order valence-electron chi connectivity index (χ3n) is 5.06. The van der Waals surface area contributed by atoms with Crippen molar-refractivity contribution in [3.8, 4) is 0 Å². The molecule has 0 aromatic carbocycles. The quantitative estimate of drug-likeness (QED) is 0.838. The average molecular weight is 266 g/mol. The number of nitrogens with one attached hydrogen (secondary N) is 1. The molecule has 1 aliphatic carbocycles. The Morgan fingerprint density at radius 3 is 2.21 bits per heavy atom. The summed E-state index contributed by atoms with van der Waals surface area (Å²) in [5.41, 5.74) is 0. The molecule has 1 aliphatic heterocycles. The summed E-state index contributed by atoms with van der Waals surface area (Å²) < 4.78 is 0. The van der Waals surface area contributed by atoms with Crippen LogP contribution in [0.25, 0.3) is 0 Å². The predicted molar refractivity (Wildman–Crippen MR) is 83.5 cm³/mol. The molecule has 1 heterocycles. The molecule has 1 saturated carbocycles. The van der Waals surface area contributed by atoms with Crippen LogP contribution in [0.15, 0.2) is 0 Å². The van der Waals surface area contributed by atoms with Crippen LogP contribution in [0.3, 0.4) is 0 Å². The average Bonchev–Trinajstić information content (AvgIpc) is 2.31. The van der Waals surface area contributed by atoms with E-state index in [4.69, 9.17) is 0 Å². The lowest BCUT2D eigenvalue weighted by Crippen LogP contribution is -2.54. The second kappa shape index (κ2) is 7.64. The predicted octanol–water partition coefficient (Wildman–Crippen LogP) is 3.67. The molecular formula is C17H34N2. The fraction of sp³-hybridized carbons (Fsp3) is 1.00. The Labute approximate surface area is 120 Å². The molecule has 1 saturated heterocycles. The zero-order chi connectivity index (χ0) is 13.7. The zero-order valence-electron chi connectivity index (χ0n) is 13.3. The van der Waals surface area contributed by atoms with E-state index in [0.29, 0.717) is 0 Å². The van der Waals surface area contributed by atoms with Crippen molar-refractivity contribution in [2.45, 2.75) is 77.8 Å². The van der Waals surface area contributed by atoms with E-state index in [-0.39, 0.29) is 0 Å². The molecule has 2 rings (SSSR count). The van der Waals surface area contributed by atoms with Crippen LogP contribution in [-0.4, -0.2) is 36.6 Å². The SMILES string of the molecule is CCNC1CCCCCCC1N1CC(C)CC(C)C1. The molecule has 0 aromatic heterocycles. The van der Waals surface area contributed by atoms with Gasteiger partial charge < -0.3 is 5.32 Å². The number of piperidine rings is 1. The fourth-order valence-corrected chi connectivity index (χ4v) is 4.38. The van der Waals surface area contributed by atoms with Crippen LogP contribution in [0.2, 0.25) is 0 Å². The number of hydrogen-bond donors (Lipinski definition) is 1. The molecule has 4 unspecified atom stereocenters. The molecule has 2 fully saturated rings. The smallest absolute Gasteiger partial charge is 0.0249 e. The van der Waals surface area contributed by atoms with Crippen LogP contribution in [0.4, 0.5) is 0 Å². The van der Waals surface area contributed by atoms with Crippen LogP contribution in [0.5, 0.6) is 0 Å². The largest absolute Gasteiger partial charge is 0.313 e. The normalized spacial score (nSPS) is 38.7. The highest BCUT2D eigenvalue weighted by molar-refractivity contribution is 4.89. The second-order valence-electron chi connectivity index (χ2n) is 7.12. The van der Waals surface area contributed by atoms with Crippen molar-refractivity contribution in [1.82, 2.24) is 10.2 Å². The van der Waals surface area contributed by atoms with Gasteiger partial charge in [-0.1, -0.05) is 46.5 Å². The minimum Gasteiger partial charge on any atom is -0.313 e. The first-order valence-corrected chi connectivity index (χ1v) is 8.68. The molecular weight excluding hydrogens is 232 g/mol. The first kappa shape index (κ1) is 15.3. The molecule has 0 spiro atoms. The van der Waals surface area contributed by atoms with Gasteiger partial charge in [-0.2, -0.15) is 0 Å². The molecule has 4 atom stereocenters. The molecule has 0 bridgehead atoms. The van der Waals surface area contributed by atoms with E-state index in [1.807, 2.05) is 0 Å². The van der Waals surface area contributed by atoms with Gasteiger partial charge in [0.25, 0.3) is 0 Å². The number of likely N-dealkylation sites (tertiary alicyclic amines) is 1. The number of nitrogens with zero attached hydrogens (tertiary/aromatic N) is 1. The van der Waals surface area contributed by atoms with Gasteiger partial charge in [0.15, 0.2) is 0 Å². The lowest BCUT2D eigenvalue weighted by molar-refractivity contribution is 0.0638. The first-order valence-electron chi connectivity index (χ1n) is 8.68. The molecule has 2 heteroatoms. The van der Waals surface area contributed by atoms with Gasteiger partial charge in [0, 0.05) is 25.2 Å². The van der Waals surface area contributed by atoms with E-state index in [1.54, 1.807) is 0 Å². The van der Waals surface area contributed by atoms with Gasteiger partial charge in [-0.3, -0.25) is 4.90 Å². The molecule has 2 aliphatic rings. The van der Waals surface area contributed by atoms with E-state index in [2.05, 4.69) is 31.0 Å². The van der Waals surface area contributed by atoms with Crippen molar-refractivity contribution in [2.24, 2.45) is 11.8 Å². The molecule has 1 N–H and O–H groups in total. The van der Waals surface area contributed by atoms with Crippen molar-refractivity contribution < 1.29 is 0 Å². The Kier molecular flexibility index (Phi) is 6.15. The van der Waals surface area contributed by atoms with Gasteiger partial charge in [0.1, 0.15) is 0 Å². The summed E-state index contributed by atoms with van der Waals surface area (Å²) in [6.45, 7) is 10.9. The van der Waals surface area contributed by atoms with E-state index in [0.717, 1.165) is 30.5 Å². The summed E-state index contributed by atoms with van der Waals surface area (Å²) >= 11 is 0. The van der Waals surface area contributed by atoms with Crippen molar-refractivity contribution in [2.75, 3.05) is 19.6 Å². The minimum atomic E-state index is 0.739. The summed E-state index contributed by atoms with van der Waals surface area (Å²) in [7, 11) is 0. The molecule has 2 nitrogen and oxygen atoms in total. The lowest BCUT2D eigenvalue weighted by Gasteiger charge is -2.44. The highest BCUT2D eigenvalue weighted by Crippen LogP contribution is 2.28. The van der Waals surface area contributed by atoms with Crippen LogP contribution in [-0.2, 0) is 0 Å². The van der Waals surface area contributed by atoms with Gasteiger partial charge in [0.2, 0.25) is 0 Å². The van der Waals surface area contributed by atoms with Crippen molar-refractivity contribution in [1.29, 1.82) is 0 Å². The fourth-order valence-electron chi connectivity index (χ4n) is 4.38. The summed E-state index contributed by atoms with van der Waals surface area (Å²) in [4.78, 5) is 2.83. The highest BCUT2D eigenvalue weighted by Gasteiger charge is 2.32. The maximum atomic E-state index is 3.79. The second-order valence-corrected chi connectivity index (χ2v) is 7.12. The Hall–Kier alpha value is -0.0800. The van der Waals surface area contributed by atoms with E-state index < -0.39 is 0 Å². The van der Waals surface area contributed by atoms with Gasteiger partial charge in [-0.15, -0.1) is 0 Å². The highest BCUT2D eigenvalue weighted by atomic mass is 15.2. The summed E-state index contributed by atoms with van der Waals surface area (Å²) in [5.74, 6) is 1.77. The van der Waals surface area contributed by atoms with E-state index in [9.17, 15) is 0 Å². The molecule has 112 valence electrons. The topological polar surface area (TPSA) is 15.3 Å². The van der Waals surface area contributed by atoms with E-state index in [1.165, 1.54) is 58.0 Å². The van der Waals surface area contributed by atoms with Crippen LogP contribution in [0, 0.1) is 11.8 Å². The van der Waals surface area contributed by atoms with Crippen molar-refractivity contribution in [3.05, 3.63) is 0 Å². The number of likely N-dealkylation sites (N-methyl/N-ethyl adjacent to an activating group) is 1.